The Hall–Kier alpha value is -3.65. The molecule has 2 aromatic carbocycles. The normalized spacial score (nSPS) is 15.4. The molecule has 0 aliphatic carbocycles. The van der Waals surface area contributed by atoms with Crippen LogP contribution in [0.2, 0.25) is 5.02 Å². The highest BCUT2D eigenvalue weighted by atomic mass is 35.5. The molecule has 0 unspecified atom stereocenters. The molecule has 186 valence electrons. The van der Waals surface area contributed by atoms with Gasteiger partial charge in [-0.15, -0.1) is 0 Å². The van der Waals surface area contributed by atoms with Crippen molar-refractivity contribution in [1.29, 1.82) is 0 Å². The van der Waals surface area contributed by atoms with Gasteiger partial charge in [0.25, 0.3) is 5.91 Å². The number of likely N-dealkylation sites (tertiary alicyclic amines) is 1. The van der Waals surface area contributed by atoms with Crippen LogP contribution in [0.5, 0.6) is 0 Å². The summed E-state index contributed by atoms with van der Waals surface area (Å²) in [5.74, 6) is 0.861. The van der Waals surface area contributed by atoms with Crippen LogP contribution >= 0.6 is 11.6 Å². The second-order valence-electron chi connectivity index (χ2n) is 9.14. The summed E-state index contributed by atoms with van der Waals surface area (Å²) in [6, 6.07) is 16.7. The van der Waals surface area contributed by atoms with E-state index in [9.17, 15) is 14.4 Å². The number of fused-ring (bicyclic) bond motifs is 1. The molecule has 2 aliphatic rings. The van der Waals surface area contributed by atoms with E-state index in [1.54, 1.807) is 17.0 Å². The number of aryl methyl sites for hydroxylation is 1. The molecular formula is C27H28ClN5O3. The standard InChI is InChI=1S/C27H28ClN5O3/c28-22-10-8-20(9-11-22)23-17-24-32(26(35)12-16-33(24)30-23)18-19-4-6-21(7-5-19)27(36)29-13-2-15-31-14-1-3-25(31)34/h4-11,17H,1-3,12-16,18H2,(H,29,36). The van der Waals surface area contributed by atoms with E-state index in [0.717, 1.165) is 42.0 Å². The van der Waals surface area contributed by atoms with E-state index in [1.807, 2.05) is 52.0 Å². The fraction of sp³-hybridized carbons (Fsp3) is 0.333. The van der Waals surface area contributed by atoms with Crippen molar-refractivity contribution >= 4 is 35.1 Å². The average molecular weight is 506 g/mol. The number of nitrogens with zero attached hydrogens (tertiary/aromatic N) is 4. The number of amides is 3. The molecule has 1 aromatic heterocycles. The zero-order valence-corrected chi connectivity index (χ0v) is 20.7. The average Bonchev–Trinajstić information content (AvgIpc) is 3.50. The van der Waals surface area contributed by atoms with Crippen LogP contribution in [0.4, 0.5) is 5.82 Å². The van der Waals surface area contributed by atoms with Crippen LogP contribution in [0.15, 0.2) is 54.6 Å². The number of anilines is 1. The highest BCUT2D eigenvalue weighted by Gasteiger charge is 2.26. The number of halogens is 1. The summed E-state index contributed by atoms with van der Waals surface area (Å²) in [4.78, 5) is 40.5. The molecule has 0 bridgehead atoms. The maximum Gasteiger partial charge on any atom is 0.251 e. The van der Waals surface area contributed by atoms with Gasteiger partial charge in [-0.2, -0.15) is 5.10 Å². The van der Waals surface area contributed by atoms with Gasteiger partial charge < -0.3 is 10.2 Å². The molecule has 9 heteroatoms. The molecule has 3 heterocycles. The Morgan fingerprint density at radius 1 is 0.972 bits per heavy atom. The number of hydrogen-bond donors (Lipinski definition) is 1. The molecule has 0 saturated carbocycles. The lowest BCUT2D eigenvalue weighted by Crippen LogP contribution is -2.36. The van der Waals surface area contributed by atoms with E-state index in [1.165, 1.54) is 0 Å². The van der Waals surface area contributed by atoms with Crippen LogP contribution in [0, 0.1) is 0 Å². The molecule has 3 amide bonds. The minimum absolute atomic E-state index is 0.0448. The lowest BCUT2D eigenvalue weighted by atomic mass is 10.1. The Morgan fingerprint density at radius 3 is 2.47 bits per heavy atom. The summed E-state index contributed by atoms with van der Waals surface area (Å²) >= 11 is 6.01. The Kier molecular flexibility index (Phi) is 7.04. The van der Waals surface area contributed by atoms with Crippen molar-refractivity contribution in [3.8, 4) is 11.3 Å². The molecule has 8 nitrogen and oxygen atoms in total. The van der Waals surface area contributed by atoms with E-state index in [4.69, 9.17) is 11.6 Å². The van der Waals surface area contributed by atoms with Gasteiger partial charge in [-0.25, -0.2) is 4.68 Å². The van der Waals surface area contributed by atoms with Gasteiger partial charge in [0.1, 0.15) is 5.82 Å². The molecule has 0 radical (unpaired) electrons. The van der Waals surface area contributed by atoms with E-state index in [0.29, 0.717) is 49.6 Å². The molecule has 1 fully saturated rings. The summed E-state index contributed by atoms with van der Waals surface area (Å²) in [5, 5.41) is 8.27. The Labute approximate surface area is 214 Å². The highest BCUT2D eigenvalue weighted by molar-refractivity contribution is 6.30. The van der Waals surface area contributed by atoms with E-state index in [-0.39, 0.29) is 17.7 Å². The van der Waals surface area contributed by atoms with Gasteiger partial charge in [0.05, 0.1) is 18.8 Å². The molecule has 3 aromatic rings. The molecule has 0 atom stereocenters. The van der Waals surface area contributed by atoms with Gasteiger partial charge >= 0.3 is 0 Å². The second kappa shape index (κ2) is 10.5. The number of aromatic nitrogens is 2. The predicted octanol–water partition coefficient (Wildman–Crippen LogP) is 3.88. The molecule has 36 heavy (non-hydrogen) atoms. The smallest absolute Gasteiger partial charge is 0.251 e. The molecule has 1 saturated heterocycles. The van der Waals surface area contributed by atoms with Crippen molar-refractivity contribution in [3.05, 3.63) is 70.7 Å². The molecule has 2 aliphatic heterocycles. The van der Waals surface area contributed by atoms with E-state index >= 15 is 0 Å². The van der Waals surface area contributed by atoms with Gasteiger partial charge in [-0.1, -0.05) is 35.9 Å². The first kappa shape index (κ1) is 24.1. The van der Waals surface area contributed by atoms with Crippen molar-refractivity contribution < 1.29 is 14.4 Å². The van der Waals surface area contributed by atoms with Crippen molar-refractivity contribution in [2.45, 2.75) is 38.8 Å². The maximum atomic E-state index is 12.8. The maximum absolute atomic E-state index is 12.8. The van der Waals surface area contributed by atoms with Gasteiger partial charge in [-0.05, 0) is 42.7 Å². The largest absolute Gasteiger partial charge is 0.352 e. The van der Waals surface area contributed by atoms with Crippen LogP contribution in [0.3, 0.4) is 0 Å². The van der Waals surface area contributed by atoms with Crippen molar-refractivity contribution in [3.63, 3.8) is 0 Å². The zero-order valence-electron chi connectivity index (χ0n) is 20.0. The highest BCUT2D eigenvalue weighted by Crippen LogP contribution is 2.30. The monoisotopic (exact) mass is 505 g/mol. The summed E-state index contributed by atoms with van der Waals surface area (Å²) < 4.78 is 1.86. The van der Waals surface area contributed by atoms with Crippen molar-refractivity contribution in [1.82, 2.24) is 20.0 Å². The minimum Gasteiger partial charge on any atom is -0.352 e. The Morgan fingerprint density at radius 2 is 1.75 bits per heavy atom. The topological polar surface area (TPSA) is 87.5 Å². The van der Waals surface area contributed by atoms with Gasteiger partial charge in [0.2, 0.25) is 11.8 Å². The van der Waals surface area contributed by atoms with Crippen LogP contribution in [-0.2, 0) is 22.7 Å². The van der Waals surface area contributed by atoms with E-state index < -0.39 is 0 Å². The fourth-order valence-corrected chi connectivity index (χ4v) is 4.77. The van der Waals surface area contributed by atoms with Gasteiger partial charge in [0, 0.05) is 54.7 Å². The quantitative estimate of drug-likeness (QED) is 0.471. The zero-order chi connectivity index (χ0) is 25.1. The molecule has 5 rings (SSSR count). The first-order valence-corrected chi connectivity index (χ1v) is 12.6. The number of rotatable bonds is 8. The van der Waals surface area contributed by atoms with Crippen LogP contribution in [0.25, 0.3) is 11.3 Å². The van der Waals surface area contributed by atoms with E-state index in [2.05, 4.69) is 10.4 Å². The third-order valence-electron chi connectivity index (χ3n) is 6.63. The lowest BCUT2D eigenvalue weighted by molar-refractivity contribution is -0.127. The molecule has 0 spiro atoms. The van der Waals surface area contributed by atoms with Gasteiger partial charge in [-0.3, -0.25) is 19.3 Å². The summed E-state index contributed by atoms with van der Waals surface area (Å²) in [7, 11) is 0. The third kappa shape index (κ3) is 5.28. The van der Waals surface area contributed by atoms with Crippen molar-refractivity contribution in [2.75, 3.05) is 24.5 Å². The SMILES string of the molecule is O=C(NCCCN1CCCC1=O)c1ccc(CN2C(=O)CCn3nc(-c4ccc(Cl)cc4)cc32)cc1. The predicted molar refractivity (Wildman–Crippen MR) is 138 cm³/mol. The lowest BCUT2D eigenvalue weighted by Gasteiger charge is -2.27. The first-order valence-electron chi connectivity index (χ1n) is 12.3. The second-order valence-corrected chi connectivity index (χ2v) is 9.57. The summed E-state index contributed by atoms with van der Waals surface area (Å²) in [6.45, 7) is 2.96. The number of benzene rings is 2. The number of carbonyl (C=O) groups excluding carboxylic acids is 3. The van der Waals surface area contributed by atoms with Gasteiger partial charge in [0.15, 0.2) is 0 Å². The summed E-state index contributed by atoms with van der Waals surface area (Å²) in [5.41, 5.74) is 3.23. The third-order valence-corrected chi connectivity index (χ3v) is 6.88. The molecule has 1 N–H and O–H groups in total. The number of nitrogens with one attached hydrogen (secondary N) is 1. The minimum atomic E-state index is -0.144. The van der Waals surface area contributed by atoms with Crippen LogP contribution < -0.4 is 10.2 Å². The fourth-order valence-electron chi connectivity index (χ4n) is 4.64. The van der Waals surface area contributed by atoms with Crippen molar-refractivity contribution in [2.24, 2.45) is 0 Å². The molecular weight excluding hydrogens is 478 g/mol. The van der Waals surface area contributed by atoms with Crippen LogP contribution in [-0.4, -0.2) is 52.0 Å². The summed E-state index contributed by atoms with van der Waals surface area (Å²) in [6.07, 6.45) is 2.68. The Bertz CT molecular complexity index is 1270. The number of hydrogen-bond acceptors (Lipinski definition) is 4. The first-order chi connectivity index (χ1) is 17.5. The van der Waals surface area contributed by atoms with Crippen LogP contribution in [0.1, 0.15) is 41.6 Å². The number of carbonyl (C=O) groups is 3. The Balaban J connectivity index is 1.20.